The number of carbonyl (C=O) groups excluding carboxylic acids is 2. The van der Waals surface area contributed by atoms with Crippen molar-refractivity contribution in [3.8, 4) is 5.75 Å². The standard InChI is InChI=1S/C21H27ClN2O4/c1-13-6-17(7-13)28-11-19(25)23-18-10-21(8-14(18)9-21)24-20(26)12-27-16-4-2-15(22)3-5-16/h2-5,13-14,17-18H,6-12H2,1H3,(H,23,25)(H,24,26). The van der Waals surface area contributed by atoms with E-state index in [1.54, 1.807) is 24.3 Å². The van der Waals surface area contributed by atoms with Gasteiger partial charge in [0.15, 0.2) is 6.61 Å². The summed E-state index contributed by atoms with van der Waals surface area (Å²) in [5.74, 6) is 1.57. The summed E-state index contributed by atoms with van der Waals surface area (Å²) in [7, 11) is 0. The van der Waals surface area contributed by atoms with Crippen molar-refractivity contribution in [1.29, 1.82) is 0 Å². The van der Waals surface area contributed by atoms with Gasteiger partial charge in [-0.2, -0.15) is 0 Å². The molecule has 4 saturated carbocycles. The molecule has 0 aromatic heterocycles. The van der Waals surface area contributed by atoms with Gasteiger partial charge < -0.3 is 20.1 Å². The first kappa shape index (κ1) is 19.5. The Morgan fingerprint density at radius 1 is 1.11 bits per heavy atom. The smallest absolute Gasteiger partial charge is 0.258 e. The van der Waals surface area contributed by atoms with Crippen molar-refractivity contribution < 1.29 is 19.1 Å². The quantitative estimate of drug-likeness (QED) is 0.695. The van der Waals surface area contributed by atoms with Crippen LogP contribution in [0.4, 0.5) is 0 Å². The van der Waals surface area contributed by atoms with Gasteiger partial charge in [0.25, 0.3) is 5.91 Å². The molecule has 0 saturated heterocycles. The maximum atomic E-state index is 12.3. The van der Waals surface area contributed by atoms with Crippen LogP contribution in [0.5, 0.6) is 5.75 Å². The molecule has 2 amide bonds. The number of hydrogen-bond donors (Lipinski definition) is 2. The fraction of sp³-hybridized carbons (Fsp3) is 0.619. The first-order chi connectivity index (χ1) is 13.4. The summed E-state index contributed by atoms with van der Waals surface area (Å²) < 4.78 is 11.1. The van der Waals surface area contributed by atoms with Gasteiger partial charge in [-0.3, -0.25) is 9.59 Å². The minimum atomic E-state index is -0.201. The summed E-state index contributed by atoms with van der Waals surface area (Å²) in [6.45, 7) is 2.30. The molecule has 2 N–H and O–H groups in total. The maximum Gasteiger partial charge on any atom is 0.258 e. The second kappa shape index (κ2) is 7.91. The predicted octanol–water partition coefficient (Wildman–Crippen LogP) is 2.69. The summed E-state index contributed by atoms with van der Waals surface area (Å²) >= 11 is 5.84. The number of rotatable bonds is 8. The fourth-order valence-electron chi connectivity index (χ4n) is 4.72. The highest BCUT2D eigenvalue weighted by atomic mass is 35.5. The van der Waals surface area contributed by atoms with Gasteiger partial charge in [-0.15, -0.1) is 0 Å². The molecule has 4 aliphatic rings. The third-order valence-electron chi connectivity index (χ3n) is 6.20. The number of fused-ring (bicyclic) bond motifs is 1. The molecule has 1 aromatic rings. The van der Waals surface area contributed by atoms with E-state index in [0.29, 0.717) is 22.6 Å². The molecule has 1 unspecified atom stereocenters. The van der Waals surface area contributed by atoms with Crippen LogP contribution in [-0.4, -0.2) is 42.7 Å². The number of nitrogens with one attached hydrogen (secondary N) is 2. The number of halogens is 1. The van der Waals surface area contributed by atoms with Gasteiger partial charge in [-0.25, -0.2) is 0 Å². The van der Waals surface area contributed by atoms with E-state index in [-0.39, 0.29) is 42.7 Å². The zero-order valence-corrected chi connectivity index (χ0v) is 16.8. The van der Waals surface area contributed by atoms with Crippen LogP contribution < -0.4 is 15.4 Å². The molecule has 4 aliphatic carbocycles. The molecule has 1 aromatic carbocycles. The van der Waals surface area contributed by atoms with Gasteiger partial charge >= 0.3 is 0 Å². The molecule has 5 rings (SSSR count). The van der Waals surface area contributed by atoms with Crippen LogP contribution in [0, 0.1) is 11.8 Å². The molecule has 2 bridgehead atoms. The second-order valence-electron chi connectivity index (χ2n) is 8.63. The van der Waals surface area contributed by atoms with Gasteiger partial charge in [0.05, 0.1) is 6.10 Å². The number of amides is 2. The largest absolute Gasteiger partial charge is 0.484 e. The topological polar surface area (TPSA) is 76.7 Å². The van der Waals surface area contributed by atoms with Crippen molar-refractivity contribution in [2.45, 2.75) is 56.7 Å². The molecule has 6 nitrogen and oxygen atoms in total. The normalized spacial score (nSPS) is 32.8. The molecule has 7 heteroatoms. The molecule has 1 atom stereocenters. The number of hydrogen-bond acceptors (Lipinski definition) is 4. The van der Waals surface area contributed by atoms with E-state index in [4.69, 9.17) is 21.1 Å². The van der Waals surface area contributed by atoms with Crippen LogP contribution in [0.25, 0.3) is 0 Å². The Morgan fingerprint density at radius 3 is 2.50 bits per heavy atom. The highest BCUT2D eigenvalue weighted by Gasteiger charge is 2.57. The fourth-order valence-corrected chi connectivity index (χ4v) is 4.85. The van der Waals surface area contributed by atoms with Crippen LogP contribution in [0.2, 0.25) is 5.02 Å². The van der Waals surface area contributed by atoms with Crippen molar-refractivity contribution in [1.82, 2.24) is 10.6 Å². The highest BCUT2D eigenvalue weighted by molar-refractivity contribution is 6.30. The lowest BCUT2D eigenvalue weighted by atomic mass is 9.76. The van der Waals surface area contributed by atoms with Gasteiger partial charge in [-0.1, -0.05) is 18.5 Å². The average Bonchev–Trinajstić information content (AvgIpc) is 3.10. The van der Waals surface area contributed by atoms with Gasteiger partial charge in [0.2, 0.25) is 5.91 Å². The first-order valence-electron chi connectivity index (χ1n) is 10.0. The Balaban J connectivity index is 1.17. The summed E-state index contributed by atoms with van der Waals surface area (Å²) in [4.78, 5) is 24.4. The van der Waals surface area contributed by atoms with E-state index in [1.807, 2.05) is 0 Å². The van der Waals surface area contributed by atoms with Crippen LogP contribution in [0.3, 0.4) is 0 Å². The van der Waals surface area contributed by atoms with Crippen molar-refractivity contribution >= 4 is 23.4 Å². The van der Waals surface area contributed by atoms with E-state index in [0.717, 1.165) is 32.1 Å². The van der Waals surface area contributed by atoms with E-state index in [2.05, 4.69) is 17.6 Å². The van der Waals surface area contributed by atoms with E-state index in [9.17, 15) is 9.59 Å². The molecule has 28 heavy (non-hydrogen) atoms. The summed E-state index contributed by atoms with van der Waals surface area (Å²) in [5, 5.41) is 6.82. The molecular weight excluding hydrogens is 380 g/mol. The summed E-state index contributed by atoms with van der Waals surface area (Å²) in [6.07, 6.45) is 4.93. The van der Waals surface area contributed by atoms with Crippen LogP contribution >= 0.6 is 11.6 Å². The Labute approximate surface area is 170 Å². The van der Waals surface area contributed by atoms with Gasteiger partial charge in [-0.05, 0) is 68.2 Å². The monoisotopic (exact) mass is 406 g/mol. The Bertz CT molecular complexity index is 726. The average molecular weight is 407 g/mol. The SMILES string of the molecule is CC1CC(OCC(=O)NC2CC3(NC(=O)COc4ccc(Cl)cc4)CC2C3)C1. The van der Waals surface area contributed by atoms with E-state index in [1.165, 1.54) is 0 Å². The molecule has 4 fully saturated rings. The maximum absolute atomic E-state index is 12.3. The minimum absolute atomic E-state index is 0.0290. The van der Waals surface area contributed by atoms with Crippen LogP contribution in [0.15, 0.2) is 24.3 Å². The molecular formula is C21H27ClN2O4. The van der Waals surface area contributed by atoms with Crippen LogP contribution in [0.1, 0.15) is 39.0 Å². The molecule has 0 heterocycles. The van der Waals surface area contributed by atoms with Crippen LogP contribution in [-0.2, 0) is 14.3 Å². The third kappa shape index (κ3) is 4.44. The van der Waals surface area contributed by atoms with Crippen molar-refractivity contribution in [2.24, 2.45) is 11.8 Å². The highest BCUT2D eigenvalue weighted by Crippen LogP contribution is 2.52. The third-order valence-corrected chi connectivity index (χ3v) is 6.45. The lowest BCUT2D eigenvalue weighted by Gasteiger charge is -2.39. The number of ether oxygens (including phenoxy) is 2. The number of benzene rings is 1. The molecule has 0 radical (unpaired) electrons. The van der Waals surface area contributed by atoms with Crippen molar-refractivity contribution in [2.75, 3.05) is 13.2 Å². The second-order valence-corrected chi connectivity index (χ2v) is 9.06. The Morgan fingerprint density at radius 2 is 1.82 bits per heavy atom. The zero-order valence-electron chi connectivity index (χ0n) is 16.1. The zero-order chi connectivity index (χ0) is 19.7. The van der Waals surface area contributed by atoms with Gasteiger partial charge in [0.1, 0.15) is 12.4 Å². The lowest BCUT2D eigenvalue weighted by Crippen LogP contribution is -2.53. The Hall–Kier alpha value is -1.79. The number of carbonyl (C=O) groups is 2. The van der Waals surface area contributed by atoms with Crippen molar-refractivity contribution in [3.63, 3.8) is 0 Å². The van der Waals surface area contributed by atoms with Crippen molar-refractivity contribution in [3.05, 3.63) is 29.3 Å². The predicted molar refractivity (Wildman–Crippen MR) is 105 cm³/mol. The van der Waals surface area contributed by atoms with E-state index >= 15 is 0 Å². The Kier molecular flexibility index (Phi) is 5.52. The summed E-state index contributed by atoms with van der Waals surface area (Å²) in [6, 6.07) is 7.04. The molecule has 0 spiro atoms. The van der Waals surface area contributed by atoms with Gasteiger partial charge in [0, 0.05) is 16.6 Å². The first-order valence-corrected chi connectivity index (χ1v) is 10.4. The minimum Gasteiger partial charge on any atom is -0.484 e. The lowest BCUT2D eigenvalue weighted by molar-refractivity contribution is -0.131. The van der Waals surface area contributed by atoms with E-state index < -0.39 is 0 Å². The molecule has 0 aliphatic heterocycles. The molecule has 152 valence electrons. The summed E-state index contributed by atoms with van der Waals surface area (Å²) in [5.41, 5.74) is -0.201.